The Labute approximate surface area is 152 Å². The van der Waals surface area contributed by atoms with Crippen LogP contribution in [0.2, 0.25) is 5.02 Å². The van der Waals surface area contributed by atoms with E-state index in [9.17, 15) is 4.79 Å². The van der Waals surface area contributed by atoms with Crippen molar-refractivity contribution in [1.29, 1.82) is 0 Å². The van der Waals surface area contributed by atoms with Crippen LogP contribution >= 0.6 is 11.6 Å². The van der Waals surface area contributed by atoms with Crippen molar-refractivity contribution >= 4 is 34.1 Å². The minimum absolute atomic E-state index is 0.143. The van der Waals surface area contributed by atoms with E-state index in [0.717, 1.165) is 22.2 Å². The zero-order chi connectivity index (χ0) is 18.0. The number of nitrogens with zero attached hydrogens (tertiary/aromatic N) is 1. The zero-order valence-corrected chi connectivity index (χ0v) is 15.4. The first kappa shape index (κ1) is 17.4. The molecular weight excluding hydrogens is 336 g/mol. The van der Waals surface area contributed by atoms with Crippen LogP contribution in [0.15, 0.2) is 42.5 Å². The molecule has 0 aliphatic rings. The fourth-order valence-corrected chi connectivity index (χ4v) is 3.33. The molecule has 0 radical (unpaired) electrons. The van der Waals surface area contributed by atoms with Gasteiger partial charge in [0.15, 0.2) is 0 Å². The highest BCUT2D eigenvalue weighted by Gasteiger charge is 2.20. The van der Waals surface area contributed by atoms with Gasteiger partial charge in [0.25, 0.3) is 5.91 Å². The van der Waals surface area contributed by atoms with Crippen LogP contribution in [0.4, 0.5) is 5.69 Å². The molecule has 0 aliphatic heterocycles. The lowest BCUT2D eigenvalue weighted by Gasteiger charge is -2.10. The molecule has 0 saturated carbocycles. The number of hydrogen-bond acceptors (Lipinski definition) is 2. The predicted molar refractivity (Wildman–Crippen MR) is 103 cm³/mol. The Kier molecular flexibility index (Phi) is 5.00. The minimum Gasteiger partial charge on any atom is -0.494 e. The maximum absolute atomic E-state index is 12.9. The van der Waals surface area contributed by atoms with Crippen LogP contribution in [-0.2, 0) is 6.54 Å². The van der Waals surface area contributed by atoms with Crippen LogP contribution in [0.1, 0.15) is 29.9 Å². The predicted octanol–water partition coefficient (Wildman–Crippen LogP) is 5.27. The zero-order valence-electron chi connectivity index (χ0n) is 14.6. The van der Waals surface area contributed by atoms with Gasteiger partial charge < -0.3 is 14.6 Å². The first-order chi connectivity index (χ1) is 12.0. The molecule has 1 aromatic heterocycles. The Bertz CT molecular complexity index is 931. The molecule has 1 N–H and O–H groups in total. The topological polar surface area (TPSA) is 43.3 Å². The summed E-state index contributed by atoms with van der Waals surface area (Å²) < 4.78 is 7.62. The first-order valence-electron chi connectivity index (χ1n) is 8.37. The van der Waals surface area contributed by atoms with E-state index in [1.54, 1.807) is 12.1 Å². The van der Waals surface area contributed by atoms with Gasteiger partial charge in [0, 0.05) is 28.2 Å². The van der Waals surface area contributed by atoms with E-state index in [0.29, 0.717) is 29.6 Å². The van der Waals surface area contributed by atoms with Gasteiger partial charge in [-0.05, 0) is 62.7 Å². The lowest BCUT2D eigenvalue weighted by Crippen LogP contribution is -2.17. The Hall–Kier alpha value is -2.46. The lowest BCUT2D eigenvalue weighted by atomic mass is 10.1. The Morgan fingerprint density at radius 2 is 2.00 bits per heavy atom. The summed E-state index contributed by atoms with van der Waals surface area (Å²) in [6.07, 6.45) is 0. The number of carbonyl (C=O) groups excluding carboxylic acids is 1. The van der Waals surface area contributed by atoms with E-state index in [1.807, 2.05) is 55.7 Å². The summed E-state index contributed by atoms with van der Waals surface area (Å²) in [6.45, 7) is 7.28. The van der Waals surface area contributed by atoms with Gasteiger partial charge in [0.1, 0.15) is 11.4 Å². The van der Waals surface area contributed by atoms with E-state index in [2.05, 4.69) is 5.32 Å². The number of aryl methyl sites for hydroxylation is 2. The lowest BCUT2D eigenvalue weighted by molar-refractivity contribution is 0.101. The monoisotopic (exact) mass is 356 g/mol. The van der Waals surface area contributed by atoms with Crippen molar-refractivity contribution in [3.63, 3.8) is 0 Å². The fraction of sp³-hybridized carbons (Fsp3) is 0.250. The molecule has 3 rings (SSSR count). The summed E-state index contributed by atoms with van der Waals surface area (Å²) in [4.78, 5) is 12.9. The average molecular weight is 357 g/mol. The second kappa shape index (κ2) is 7.19. The molecular formula is C20H21ClN2O2. The number of anilines is 1. The smallest absolute Gasteiger partial charge is 0.272 e. The van der Waals surface area contributed by atoms with Crippen LogP contribution in [0.5, 0.6) is 5.75 Å². The van der Waals surface area contributed by atoms with Crippen LogP contribution in [0, 0.1) is 6.92 Å². The molecule has 25 heavy (non-hydrogen) atoms. The fourth-order valence-electron chi connectivity index (χ4n) is 3.14. The van der Waals surface area contributed by atoms with Crippen LogP contribution in [0.25, 0.3) is 10.9 Å². The minimum atomic E-state index is -0.143. The normalized spacial score (nSPS) is 10.9. The number of nitrogens with one attached hydrogen (secondary N) is 1. The molecule has 5 heteroatoms. The Morgan fingerprint density at radius 1 is 1.20 bits per heavy atom. The first-order valence-corrected chi connectivity index (χ1v) is 8.75. The molecule has 0 unspecified atom stereocenters. The molecule has 0 aliphatic carbocycles. The highest BCUT2D eigenvalue weighted by Crippen LogP contribution is 2.30. The third kappa shape index (κ3) is 3.35. The number of carbonyl (C=O) groups is 1. The van der Waals surface area contributed by atoms with E-state index < -0.39 is 0 Å². The van der Waals surface area contributed by atoms with Crippen molar-refractivity contribution in [2.45, 2.75) is 27.3 Å². The highest BCUT2D eigenvalue weighted by molar-refractivity contribution is 6.31. The molecule has 0 bridgehead atoms. The van der Waals surface area contributed by atoms with Crippen molar-refractivity contribution in [3.8, 4) is 5.75 Å². The van der Waals surface area contributed by atoms with Crippen LogP contribution in [0.3, 0.4) is 0 Å². The maximum atomic E-state index is 12.9. The van der Waals surface area contributed by atoms with Crippen molar-refractivity contribution in [2.75, 3.05) is 11.9 Å². The van der Waals surface area contributed by atoms with Gasteiger partial charge in [0.2, 0.25) is 0 Å². The number of amides is 1. The number of fused-ring (bicyclic) bond motifs is 1. The van der Waals surface area contributed by atoms with Gasteiger partial charge in [-0.25, -0.2) is 0 Å². The van der Waals surface area contributed by atoms with Gasteiger partial charge >= 0.3 is 0 Å². The summed E-state index contributed by atoms with van der Waals surface area (Å²) in [5, 5.41) is 4.56. The van der Waals surface area contributed by atoms with E-state index in [1.165, 1.54) is 0 Å². The molecule has 3 aromatic rings. The van der Waals surface area contributed by atoms with E-state index in [-0.39, 0.29) is 5.91 Å². The molecule has 4 nitrogen and oxygen atoms in total. The summed E-state index contributed by atoms with van der Waals surface area (Å²) in [6, 6.07) is 13.1. The summed E-state index contributed by atoms with van der Waals surface area (Å²) in [7, 11) is 0. The number of halogens is 1. The second-order valence-electron chi connectivity index (χ2n) is 5.79. The largest absolute Gasteiger partial charge is 0.494 e. The SMILES string of the molecule is CCOc1ccc2c(c1)c(C)c(C(=O)Nc1cccc(Cl)c1)n2CC. The van der Waals surface area contributed by atoms with Crippen molar-refractivity contribution < 1.29 is 9.53 Å². The summed E-state index contributed by atoms with van der Waals surface area (Å²) >= 11 is 6.01. The number of rotatable bonds is 5. The van der Waals surface area contributed by atoms with Gasteiger partial charge in [-0.2, -0.15) is 0 Å². The number of aromatic nitrogens is 1. The molecule has 0 fully saturated rings. The van der Waals surface area contributed by atoms with Gasteiger partial charge in [0.05, 0.1) is 6.61 Å². The van der Waals surface area contributed by atoms with Gasteiger partial charge in [-0.1, -0.05) is 17.7 Å². The average Bonchev–Trinajstić information content (AvgIpc) is 2.87. The quantitative estimate of drug-likeness (QED) is 0.676. The molecule has 130 valence electrons. The molecule has 1 amide bonds. The molecule has 0 spiro atoms. The Balaban J connectivity index is 2.05. The number of benzene rings is 2. The van der Waals surface area contributed by atoms with Crippen LogP contribution in [-0.4, -0.2) is 17.1 Å². The third-order valence-electron chi connectivity index (χ3n) is 4.21. The highest BCUT2D eigenvalue weighted by atomic mass is 35.5. The van der Waals surface area contributed by atoms with E-state index >= 15 is 0 Å². The standard InChI is InChI=1S/C20H21ClN2O2/c1-4-23-18-10-9-16(25-5-2)12-17(18)13(3)19(23)20(24)22-15-8-6-7-14(21)11-15/h6-12H,4-5H2,1-3H3,(H,22,24). The van der Waals surface area contributed by atoms with Crippen molar-refractivity contribution in [1.82, 2.24) is 4.57 Å². The molecule has 2 aromatic carbocycles. The molecule has 1 heterocycles. The Morgan fingerprint density at radius 3 is 2.68 bits per heavy atom. The van der Waals surface area contributed by atoms with Gasteiger partial charge in [-0.15, -0.1) is 0 Å². The van der Waals surface area contributed by atoms with Crippen molar-refractivity contribution in [2.24, 2.45) is 0 Å². The van der Waals surface area contributed by atoms with Crippen LogP contribution < -0.4 is 10.1 Å². The summed E-state index contributed by atoms with van der Waals surface area (Å²) in [5.74, 6) is 0.670. The molecule has 0 saturated heterocycles. The number of hydrogen-bond donors (Lipinski definition) is 1. The second-order valence-corrected chi connectivity index (χ2v) is 6.23. The van der Waals surface area contributed by atoms with E-state index in [4.69, 9.17) is 16.3 Å². The summed E-state index contributed by atoms with van der Waals surface area (Å²) in [5.41, 5.74) is 3.31. The van der Waals surface area contributed by atoms with Gasteiger partial charge in [-0.3, -0.25) is 4.79 Å². The third-order valence-corrected chi connectivity index (χ3v) is 4.45. The maximum Gasteiger partial charge on any atom is 0.272 e. The molecule has 0 atom stereocenters. The van der Waals surface area contributed by atoms with Crippen molar-refractivity contribution in [3.05, 3.63) is 58.7 Å². The number of ether oxygens (including phenoxy) is 1.